The Morgan fingerprint density at radius 1 is 1.15 bits per heavy atom. The second kappa shape index (κ2) is 3.90. The van der Waals surface area contributed by atoms with Crippen molar-refractivity contribution in [1.29, 1.82) is 0 Å². The van der Waals surface area contributed by atoms with E-state index in [1.807, 2.05) is 18.2 Å². The normalized spacial score (nSPS) is 49.2. The minimum atomic E-state index is -0.702. The van der Waals surface area contributed by atoms with Crippen LogP contribution in [-0.2, 0) is 4.79 Å². The molecule has 5 rings (SSSR count). The molecule has 0 spiro atoms. The van der Waals surface area contributed by atoms with Gasteiger partial charge in [0.25, 0.3) is 0 Å². The minimum Gasteiger partial charge on any atom is -0.481 e. The SMILES string of the molecule is NC1=CCC(C(=O)O)(C23CC4CC(CC(C4)C2)C3)C=C1. The first-order chi connectivity index (χ1) is 9.53. The van der Waals surface area contributed by atoms with Crippen LogP contribution in [0.2, 0.25) is 0 Å². The minimum absolute atomic E-state index is 0.0126. The van der Waals surface area contributed by atoms with Gasteiger partial charge >= 0.3 is 5.97 Å². The van der Waals surface area contributed by atoms with Crippen molar-refractivity contribution in [2.45, 2.75) is 44.9 Å². The van der Waals surface area contributed by atoms with Gasteiger partial charge in [0.1, 0.15) is 0 Å². The Hall–Kier alpha value is -1.25. The molecule has 5 aliphatic rings. The number of aliphatic carboxylic acids is 1. The van der Waals surface area contributed by atoms with Crippen LogP contribution >= 0.6 is 0 Å². The van der Waals surface area contributed by atoms with E-state index in [1.165, 1.54) is 19.3 Å². The van der Waals surface area contributed by atoms with E-state index < -0.39 is 11.4 Å². The number of allylic oxidation sites excluding steroid dienone is 2. The molecular weight excluding hydrogens is 250 g/mol. The summed E-state index contributed by atoms with van der Waals surface area (Å²) in [5.41, 5.74) is 5.83. The third-order valence-corrected chi connectivity index (χ3v) is 6.59. The van der Waals surface area contributed by atoms with E-state index in [4.69, 9.17) is 5.73 Å². The zero-order valence-electron chi connectivity index (χ0n) is 11.8. The zero-order valence-corrected chi connectivity index (χ0v) is 11.8. The van der Waals surface area contributed by atoms with Crippen LogP contribution in [0.4, 0.5) is 0 Å². The monoisotopic (exact) mass is 273 g/mol. The summed E-state index contributed by atoms with van der Waals surface area (Å²) in [5, 5.41) is 10.0. The summed E-state index contributed by atoms with van der Waals surface area (Å²) in [4.78, 5) is 12.2. The Balaban J connectivity index is 1.77. The summed E-state index contributed by atoms with van der Waals surface area (Å²) in [6, 6.07) is 0. The maximum atomic E-state index is 12.2. The quantitative estimate of drug-likeness (QED) is 0.812. The maximum absolute atomic E-state index is 12.2. The molecule has 0 radical (unpaired) electrons. The molecule has 0 aliphatic heterocycles. The number of carboxylic acids is 1. The Morgan fingerprint density at radius 3 is 2.10 bits per heavy atom. The third-order valence-electron chi connectivity index (χ3n) is 6.59. The van der Waals surface area contributed by atoms with Gasteiger partial charge in [-0.15, -0.1) is 0 Å². The lowest BCUT2D eigenvalue weighted by Crippen LogP contribution is -2.57. The molecule has 3 heteroatoms. The number of hydrogen-bond donors (Lipinski definition) is 2. The van der Waals surface area contributed by atoms with E-state index in [0.29, 0.717) is 12.1 Å². The summed E-state index contributed by atoms with van der Waals surface area (Å²) in [6.45, 7) is 0. The second-order valence-corrected chi connectivity index (χ2v) is 7.72. The van der Waals surface area contributed by atoms with Gasteiger partial charge in [-0.05, 0) is 74.2 Å². The average molecular weight is 273 g/mol. The van der Waals surface area contributed by atoms with Gasteiger partial charge in [-0.3, -0.25) is 4.79 Å². The summed E-state index contributed by atoms with van der Waals surface area (Å²) >= 11 is 0. The van der Waals surface area contributed by atoms with Crippen LogP contribution in [-0.4, -0.2) is 11.1 Å². The fourth-order valence-electron chi connectivity index (χ4n) is 6.09. The summed E-state index contributed by atoms with van der Waals surface area (Å²) in [6.07, 6.45) is 13.6. The largest absolute Gasteiger partial charge is 0.481 e. The molecular formula is C17H23NO2. The van der Waals surface area contributed by atoms with Crippen LogP contribution < -0.4 is 5.73 Å². The fourth-order valence-corrected chi connectivity index (χ4v) is 6.09. The van der Waals surface area contributed by atoms with Gasteiger partial charge in [0, 0.05) is 5.70 Å². The Bertz CT molecular complexity index is 484. The van der Waals surface area contributed by atoms with Crippen LogP contribution in [0, 0.1) is 28.6 Å². The Morgan fingerprint density at radius 2 is 1.70 bits per heavy atom. The third kappa shape index (κ3) is 1.49. The van der Waals surface area contributed by atoms with Crippen LogP contribution in [0.15, 0.2) is 23.9 Å². The van der Waals surface area contributed by atoms with Gasteiger partial charge in [-0.25, -0.2) is 0 Å². The molecule has 1 atom stereocenters. The Labute approximate surface area is 119 Å². The van der Waals surface area contributed by atoms with Crippen molar-refractivity contribution in [1.82, 2.24) is 0 Å². The molecule has 0 heterocycles. The molecule has 20 heavy (non-hydrogen) atoms. The van der Waals surface area contributed by atoms with Gasteiger partial charge in [-0.1, -0.05) is 12.2 Å². The molecule has 3 N–H and O–H groups in total. The second-order valence-electron chi connectivity index (χ2n) is 7.72. The van der Waals surface area contributed by atoms with Crippen molar-refractivity contribution in [2.75, 3.05) is 0 Å². The molecule has 0 aromatic rings. The van der Waals surface area contributed by atoms with E-state index in [2.05, 4.69) is 0 Å². The smallest absolute Gasteiger partial charge is 0.314 e. The van der Waals surface area contributed by atoms with E-state index in [0.717, 1.165) is 37.0 Å². The highest BCUT2D eigenvalue weighted by molar-refractivity contribution is 5.79. The van der Waals surface area contributed by atoms with E-state index in [9.17, 15) is 9.90 Å². The number of hydrogen-bond acceptors (Lipinski definition) is 2. The lowest BCUT2D eigenvalue weighted by molar-refractivity contribution is -0.170. The first-order valence-corrected chi connectivity index (χ1v) is 7.91. The molecule has 0 aromatic carbocycles. The summed E-state index contributed by atoms with van der Waals surface area (Å²) in [7, 11) is 0. The predicted octanol–water partition coefficient (Wildman–Crippen LogP) is 3.08. The van der Waals surface area contributed by atoms with Crippen LogP contribution in [0.25, 0.3) is 0 Å². The first kappa shape index (κ1) is 12.5. The average Bonchev–Trinajstić information content (AvgIpc) is 2.37. The number of carboxylic acid groups (broad SMARTS) is 1. The molecule has 4 fully saturated rings. The van der Waals surface area contributed by atoms with Gasteiger partial charge in [0.2, 0.25) is 0 Å². The van der Waals surface area contributed by atoms with Crippen LogP contribution in [0.1, 0.15) is 44.9 Å². The molecule has 5 aliphatic carbocycles. The number of nitrogens with two attached hydrogens (primary N) is 1. The fraction of sp³-hybridized carbons (Fsp3) is 0.706. The van der Waals surface area contributed by atoms with Gasteiger partial charge in [0.15, 0.2) is 0 Å². The standard InChI is InChI=1S/C17H23NO2/c18-14-1-3-17(4-2-14,15(19)20)16-8-11-5-12(9-16)7-13(6-11)10-16/h1-3,11-13H,4-10,18H2,(H,19,20). The van der Waals surface area contributed by atoms with Gasteiger partial charge in [-0.2, -0.15) is 0 Å². The van der Waals surface area contributed by atoms with Crippen LogP contribution in [0.3, 0.4) is 0 Å². The molecule has 1 unspecified atom stereocenters. The molecule has 3 nitrogen and oxygen atoms in total. The highest BCUT2D eigenvalue weighted by atomic mass is 16.4. The van der Waals surface area contributed by atoms with E-state index in [1.54, 1.807) is 0 Å². The maximum Gasteiger partial charge on any atom is 0.314 e. The lowest BCUT2D eigenvalue weighted by atomic mass is 9.41. The van der Waals surface area contributed by atoms with Crippen molar-refractivity contribution < 1.29 is 9.90 Å². The number of rotatable bonds is 2. The van der Waals surface area contributed by atoms with Crippen molar-refractivity contribution in [3.63, 3.8) is 0 Å². The first-order valence-electron chi connectivity index (χ1n) is 7.91. The van der Waals surface area contributed by atoms with E-state index >= 15 is 0 Å². The zero-order chi connectivity index (χ0) is 14.0. The van der Waals surface area contributed by atoms with Crippen molar-refractivity contribution >= 4 is 5.97 Å². The highest BCUT2D eigenvalue weighted by Gasteiger charge is 2.62. The van der Waals surface area contributed by atoms with Gasteiger partial charge < -0.3 is 10.8 Å². The topological polar surface area (TPSA) is 63.3 Å². The Kier molecular flexibility index (Phi) is 2.43. The lowest BCUT2D eigenvalue weighted by Gasteiger charge is -2.62. The number of carbonyl (C=O) groups is 1. The van der Waals surface area contributed by atoms with Gasteiger partial charge in [0.05, 0.1) is 5.41 Å². The summed E-state index contributed by atoms with van der Waals surface area (Å²) in [5.74, 6) is 1.68. The summed E-state index contributed by atoms with van der Waals surface area (Å²) < 4.78 is 0. The molecule has 0 saturated heterocycles. The van der Waals surface area contributed by atoms with Crippen LogP contribution in [0.5, 0.6) is 0 Å². The predicted molar refractivity (Wildman–Crippen MR) is 76.7 cm³/mol. The molecule has 4 bridgehead atoms. The highest BCUT2D eigenvalue weighted by Crippen LogP contribution is 2.67. The van der Waals surface area contributed by atoms with E-state index in [-0.39, 0.29) is 5.41 Å². The molecule has 108 valence electrons. The van der Waals surface area contributed by atoms with Crippen molar-refractivity contribution in [3.05, 3.63) is 23.9 Å². The molecule has 0 aromatic heterocycles. The van der Waals surface area contributed by atoms with Crippen molar-refractivity contribution in [3.8, 4) is 0 Å². The van der Waals surface area contributed by atoms with Crippen molar-refractivity contribution in [2.24, 2.45) is 34.3 Å². The molecule has 4 saturated carbocycles. The molecule has 0 amide bonds.